The Balaban J connectivity index is 2.46. The molecule has 0 saturated heterocycles. The van der Waals surface area contributed by atoms with E-state index in [0.29, 0.717) is 4.99 Å². The van der Waals surface area contributed by atoms with Gasteiger partial charge in [-0.15, -0.1) is 0 Å². The summed E-state index contributed by atoms with van der Waals surface area (Å²) in [5, 5.41) is 1.15. The van der Waals surface area contributed by atoms with Gasteiger partial charge >= 0.3 is 0 Å². The van der Waals surface area contributed by atoms with Gasteiger partial charge in [0.25, 0.3) is 0 Å². The van der Waals surface area contributed by atoms with Gasteiger partial charge in [-0.1, -0.05) is 18.3 Å². The van der Waals surface area contributed by atoms with Crippen molar-refractivity contribution < 1.29 is 0 Å². The van der Waals surface area contributed by atoms with Crippen LogP contribution in [0.5, 0.6) is 0 Å². The normalized spacial score (nSPS) is 14.4. The van der Waals surface area contributed by atoms with E-state index in [4.69, 9.17) is 22.9 Å². The van der Waals surface area contributed by atoms with Crippen LogP contribution < -0.4 is 5.73 Å². The van der Waals surface area contributed by atoms with E-state index in [1.54, 1.807) is 0 Å². The number of rotatable bonds is 1. The van der Waals surface area contributed by atoms with Crippen LogP contribution in [0, 0.1) is 13.8 Å². The number of hydrogen-bond donors (Lipinski definition) is 1. The Morgan fingerprint density at radius 3 is 2.68 bits per heavy atom. The molecule has 0 radical (unpaired) electrons. The molecule has 1 aliphatic rings. The number of pyridine rings is 1. The van der Waals surface area contributed by atoms with Gasteiger partial charge in [-0.25, -0.2) is 0 Å². The zero-order chi connectivity index (χ0) is 13.6. The Labute approximate surface area is 119 Å². The molecule has 2 N–H and O–H groups in total. The van der Waals surface area contributed by atoms with E-state index in [2.05, 4.69) is 26.0 Å². The smallest absolute Gasteiger partial charge is 0.105 e. The van der Waals surface area contributed by atoms with Crippen LogP contribution >= 0.6 is 12.2 Å². The van der Waals surface area contributed by atoms with E-state index >= 15 is 0 Å². The van der Waals surface area contributed by atoms with Gasteiger partial charge in [0.15, 0.2) is 0 Å². The topological polar surface area (TPSA) is 38.9 Å². The summed E-state index contributed by atoms with van der Waals surface area (Å²) in [6.07, 6.45) is 4.53. The molecule has 0 spiro atoms. The lowest BCUT2D eigenvalue weighted by Crippen LogP contribution is -2.18. The highest BCUT2D eigenvalue weighted by Gasteiger charge is 2.20. The summed E-state index contributed by atoms with van der Waals surface area (Å²) in [7, 11) is 0. The Morgan fingerprint density at radius 1 is 1.21 bits per heavy atom. The molecule has 1 aliphatic carbocycles. The van der Waals surface area contributed by atoms with E-state index < -0.39 is 0 Å². The fourth-order valence-electron chi connectivity index (χ4n) is 3.21. The van der Waals surface area contributed by atoms with Crippen molar-refractivity contribution in [2.75, 3.05) is 0 Å². The van der Waals surface area contributed by atoms with Crippen molar-refractivity contribution in [3.8, 4) is 0 Å². The average molecular weight is 270 g/mol. The van der Waals surface area contributed by atoms with Gasteiger partial charge in [0, 0.05) is 16.6 Å². The summed E-state index contributed by atoms with van der Waals surface area (Å²) >= 11 is 5.32. The molecule has 19 heavy (non-hydrogen) atoms. The molecule has 3 heteroatoms. The Hall–Kier alpha value is -1.48. The number of nitrogens with zero attached hydrogens (tertiary/aromatic N) is 1. The number of thiocarbonyl (C=S) groups is 1. The fraction of sp³-hybridized carbons (Fsp3) is 0.375. The minimum Gasteiger partial charge on any atom is -0.389 e. The van der Waals surface area contributed by atoms with Crippen LogP contribution in [0.4, 0.5) is 0 Å². The highest BCUT2D eigenvalue weighted by molar-refractivity contribution is 7.80. The molecule has 0 unspecified atom stereocenters. The SMILES string of the molecule is Cc1cc(C)c2c(C(N)=S)c3c(nc2c1)CCCC3. The summed E-state index contributed by atoms with van der Waals surface area (Å²) in [6.45, 7) is 4.22. The standard InChI is InChI=1S/C16H18N2S/c1-9-7-10(2)14-13(8-9)18-12-6-4-3-5-11(12)15(14)16(17)19/h7-8H,3-6H2,1-2H3,(H2,17,19). The Bertz CT molecular complexity index is 689. The molecule has 0 aliphatic heterocycles. The minimum absolute atomic E-state index is 0.512. The summed E-state index contributed by atoms with van der Waals surface area (Å²) in [5.74, 6) is 0. The zero-order valence-corrected chi connectivity index (χ0v) is 12.2. The molecule has 98 valence electrons. The van der Waals surface area contributed by atoms with Crippen molar-refractivity contribution in [2.45, 2.75) is 39.5 Å². The lowest BCUT2D eigenvalue weighted by Gasteiger charge is -2.21. The van der Waals surface area contributed by atoms with E-state index in [1.807, 2.05) is 0 Å². The molecular weight excluding hydrogens is 252 g/mol. The van der Waals surface area contributed by atoms with Crippen molar-refractivity contribution in [1.82, 2.24) is 4.98 Å². The number of aryl methyl sites for hydroxylation is 3. The number of fused-ring (bicyclic) bond motifs is 2. The van der Waals surface area contributed by atoms with Gasteiger partial charge in [-0.3, -0.25) is 4.98 Å². The molecule has 3 rings (SSSR count). The van der Waals surface area contributed by atoms with Crippen LogP contribution in [0.25, 0.3) is 10.9 Å². The first-order valence-corrected chi connectivity index (χ1v) is 7.21. The lowest BCUT2D eigenvalue weighted by molar-refractivity contribution is 0.670. The van der Waals surface area contributed by atoms with E-state index in [9.17, 15) is 0 Å². The van der Waals surface area contributed by atoms with Crippen LogP contribution in [-0.2, 0) is 12.8 Å². The first-order valence-electron chi connectivity index (χ1n) is 6.80. The first-order chi connectivity index (χ1) is 9.08. The maximum atomic E-state index is 6.01. The lowest BCUT2D eigenvalue weighted by atomic mass is 9.88. The Morgan fingerprint density at radius 2 is 1.95 bits per heavy atom. The van der Waals surface area contributed by atoms with Gasteiger partial charge in [-0.2, -0.15) is 0 Å². The summed E-state index contributed by atoms with van der Waals surface area (Å²) in [5.41, 5.74) is 13.1. The summed E-state index contributed by atoms with van der Waals surface area (Å²) in [6, 6.07) is 4.32. The van der Waals surface area contributed by atoms with Gasteiger partial charge in [0.1, 0.15) is 4.99 Å². The van der Waals surface area contributed by atoms with Crippen molar-refractivity contribution in [2.24, 2.45) is 5.73 Å². The quantitative estimate of drug-likeness (QED) is 0.808. The molecule has 0 fully saturated rings. The van der Waals surface area contributed by atoms with Crippen molar-refractivity contribution >= 4 is 28.1 Å². The van der Waals surface area contributed by atoms with Gasteiger partial charge < -0.3 is 5.73 Å². The van der Waals surface area contributed by atoms with Crippen molar-refractivity contribution in [1.29, 1.82) is 0 Å². The van der Waals surface area contributed by atoms with Crippen molar-refractivity contribution in [3.05, 3.63) is 40.1 Å². The monoisotopic (exact) mass is 270 g/mol. The van der Waals surface area contributed by atoms with Crippen LogP contribution in [0.2, 0.25) is 0 Å². The number of hydrogen-bond acceptors (Lipinski definition) is 2. The highest BCUT2D eigenvalue weighted by Crippen LogP contribution is 2.31. The van der Waals surface area contributed by atoms with Crippen LogP contribution in [0.15, 0.2) is 12.1 Å². The molecule has 0 atom stereocenters. The third-order valence-corrected chi connectivity index (χ3v) is 4.16. The second kappa shape index (κ2) is 4.57. The third kappa shape index (κ3) is 2.02. The number of benzene rings is 1. The molecule has 2 aromatic rings. The molecule has 0 amide bonds. The van der Waals surface area contributed by atoms with Gasteiger partial charge in [0.05, 0.1) is 5.52 Å². The van der Waals surface area contributed by atoms with Crippen molar-refractivity contribution in [3.63, 3.8) is 0 Å². The first kappa shape index (κ1) is 12.5. The highest BCUT2D eigenvalue weighted by atomic mass is 32.1. The van der Waals surface area contributed by atoms with E-state index in [0.717, 1.165) is 29.3 Å². The molecule has 0 saturated carbocycles. The minimum atomic E-state index is 0.512. The van der Waals surface area contributed by atoms with Gasteiger partial charge in [0.2, 0.25) is 0 Å². The Kier molecular flexibility index (Phi) is 3.02. The van der Waals surface area contributed by atoms with E-state index in [1.165, 1.54) is 35.2 Å². The zero-order valence-electron chi connectivity index (χ0n) is 11.4. The van der Waals surface area contributed by atoms with Crippen LogP contribution in [0.3, 0.4) is 0 Å². The second-order valence-corrected chi connectivity index (χ2v) is 5.90. The second-order valence-electron chi connectivity index (χ2n) is 5.46. The molecule has 1 aromatic heterocycles. The summed E-state index contributed by atoms with van der Waals surface area (Å²) < 4.78 is 0. The third-order valence-electron chi connectivity index (χ3n) is 3.95. The maximum absolute atomic E-state index is 6.01. The largest absolute Gasteiger partial charge is 0.389 e. The molecule has 0 bridgehead atoms. The predicted molar refractivity (Wildman–Crippen MR) is 83.7 cm³/mol. The fourth-order valence-corrected chi connectivity index (χ4v) is 3.43. The summed E-state index contributed by atoms with van der Waals surface area (Å²) in [4.78, 5) is 5.38. The molecule has 1 aromatic carbocycles. The number of aromatic nitrogens is 1. The van der Waals surface area contributed by atoms with Crippen LogP contribution in [-0.4, -0.2) is 9.97 Å². The molecular formula is C16H18N2S. The van der Waals surface area contributed by atoms with Gasteiger partial charge in [-0.05, 0) is 62.3 Å². The number of nitrogens with two attached hydrogens (primary N) is 1. The van der Waals surface area contributed by atoms with Crippen LogP contribution in [0.1, 0.15) is 40.8 Å². The average Bonchev–Trinajstić information content (AvgIpc) is 2.35. The molecule has 1 heterocycles. The molecule has 2 nitrogen and oxygen atoms in total. The van der Waals surface area contributed by atoms with E-state index in [-0.39, 0.29) is 0 Å². The predicted octanol–water partition coefficient (Wildman–Crippen LogP) is 3.36. The maximum Gasteiger partial charge on any atom is 0.105 e.